The van der Waals surface area contributed by atoms with Gasteiger partial charge in [0.15, 0.2) is 11.5 Å². The smallest absolute Gasteiger partial charge is 0.493 e. The number of hydrogen-bond donors (Lipinski definition) is 0. The predicted molar refractivity (Wildman–Crippen MR) is 39.7 cm³/mol. The Morgan fingerprint density at radius 3 is 2.08 bits per heavy atom. The van der Waals surface area contributed by atoms with E-state index in [1.165, 1.54) is 25.3 Å². The average Bonchev–Trinajstić information content (AvgIpc) is 2.02. The monoisotopic (exact) mass is 192 g/mol. The first kappa shape index (κ1) is 9.70. The molecular formula is C8H7F3O2. The highest BCUT2D eigenvalue weighted by atomic mass is 19.4. The molecule has 0 aliphatic carbocycles. The Morgan fingerprint density at radius 1 is 1.08 bits per heavy atom. The van der Waals surface area contributed by atoms with E-state index in [4.69, 9.17) is 0 Å². The molecule has 0 unspecified atom stereocenters. The lowest BCUT2D eigenvalue weighted by atomic mass is 10.3. The fourth-order valence-electron chi connectivity index (χ4n) is 0.828. The van der Waals surface area contributed by atoms with Crippen LogP contribution in [0.1, 0.15) is 0 Å². The van der Waals surface area contributed by atoms with Crippen molar-refractivity contribution in [3.05, 3.63) is 24.3 Å². The molecule has 0 N–H and O–H groups in total. The van der Waals surface area contributed by atoms with Gasteiger partial charge in [-0.05, 0) is 12.1 Å². The van der Waals surface area contributed by atoms with Crippen LogP contribution in [0.25, 0.3) is 0 Å². The molecule has 0 atom stereocenters. The summed E-state index contributed by atoms with van der Waals surface area (Å²) in [5.74, 6) is -0.280. The van der Waals surface area contributed by atoms with Crippen molar-refractivity contribution >= 4 is 0 Å². The van der Waals surface area contributed by atoms with Gasteiger partial charge >= 0.3 is 6.36 Å². The van der Waals surface area contributed by atoms with Crippen LogP contribution in [0.3, 0.4) is 0 Å². The van der Waals surface area contributed by atoms with Gasteiger partial charge in [-0.15, -0.1) is 13.2 Å². The Bertz CT molecular complexity index is 283. The van der Waals surface area contributed by atoms with E-state index in [1.54, 1.807) is 6.07 Å². The molecule has 2 nitrogen and oxygen atoms in total. The molecule has 13 heavy (non-hydrogen) atoms. The van der Waals surface area contributed by atoms with E-state index in [0.29, 0.717) is 0 Å². The molecule has 0 amide bonds. The summed E-state index contributed by atoms with van der Waals surface area (Å²) in [6.07, 6.45) is -4.69. The second kappa shape index (κ2) is 3.55. The Labute approximate surface area is 72.9 Å². The van der Waals surface area contributed by atoms with Crippen molar-refractivity contribution < 1.29 is 22.6 Å². The minimum Gasteiger partial charge on any atom is -0.493 e. The van der Waals surface area contributed by atoms with E-state index in [0.717, 1.165) is 0 Å². The van der Waals surface area contributed by atoms with Gasteiger partial charge in [0.1, 0.15) is 0 Å². The summed E-state index contributed by atoms with van der Waals surface area (Å²) in [5, 5.41) is 0. The highest BCUT2D eigenvalue weighted by Crippen LogP contribution is 2.31. The molecule has 0 spiro atoms. The summed E-state index contributed by atoms with van der Waals surface area (Å²) < 4.78 is 43.7. The Balaban J connectivity index is 2.87. The average molecular weight is 192 g/mol. The molecule has 0 fully saturated rings. The van der Waals surface area contributed by atoms with Crippen molar-refractivity contribution in [2.45, 2.75) is 6.36 Å². The summed E-state index contributed by atoms with van der Waals surface area (Å²) >= 11 is 0. The van der Waals surface area contributed by atoms with Gasteiger partial charge in [-0.3, -0.25) is 0 Å². The van der Waals surface area contributed by atoms with Gasteiger partial charge in [0.2, 0.25) is 0 Å². The molecule has 0 aliphatic rings. The quantitative estimate of drug-likeness (QED) is 0.716. The molecule has 0 aliphatic heterocycles. The standard InChI is InChI=1S/C8H7F3O2/c1-12-6-4-2-3-5-7(6)13-8(9,10)11/h2-5H,1H3. The van der Waals surface area contributed by atoms with Crippen molar-refractivity contribution in [1.29, 1.82) is 0 Å². The van der Waals surface area contributed by atoms with Crippen molar-refractivity contribution in [1.82, 2.24) is 0 Å². The zero-order valence-corrected chi connectivity index (χ0v) is 6.76. The lowest BCUT2D eigenvalue weighted by Crippen LogP contribution is -2.17. The van der Waals surface area contributed by atoms with Crippen molar-refractivity contribution in [3.63, 3.8) is 0 Å². The van der Waals surface area contributed by atoms with Crippen LogP contribution in [0, 0.1) is 0 Å². The maximum atomic E-state index is 11.8. The van der Waals surface area contributed by atoms with Crippen LogP contribution >= 0.6 is 0 Å². The second-order valence-electron chi connectivity index (χ2n) is 2.20. The molecule has 0 aromatic heterocycles. The fraction of sp³-hybridized carbons (Fsp3) is 0.250. The SMILES string of the molecule is COc1ccccc1OC(F)(F)F. The molecule has 72 valence electrons. The number of benzene rings is 1. The minimum atomic E-state index is -4.69. The van der Waals surface area contributed by atoms with Crippen LogP contribution in [0.5, 0.6) is 11.5 Å². The third-order valence-electron chi connectivity index (χ3n) is 1.29. The van der Waals surface area contributed by atoms with Gasteiger partial charge in [0.05, 0.1) is 7.11 Å². The number of hydrogen-bond acceptors (Lipinski definition) is 2. The van der Waals surface area contributed by atoms with Crippen molar-refractivity contribution in [3.8, 4) is 11.5 Å². The van der Waals surface area contributed by atoms with E-state index in [-0.39, 0.29) is 11.5 Å². The number of rotatable bonds is 2. The van der Waals surface area contributed by atoms with Crippen LogP contribution in [0.2, 0.25) is 0 Å². The third kappa shape index (κ3) is 2.85. The van der Waals surface area contributed by atoms with Gasteiger partial charge in [0.25, 0.3) is 0 Å². The first-order valence-corrected chi connectivity index (χ1v) is 3.41. The summed E-state index contributed by atoms with van der Waals surface area (Å²) in [7, 11) is 1.28. The van der Waals surface area contributed by atoms with E-state index in [9.17, 15) is 13.2 Å². The van der Waals surface area contributed by atoms with Crippen molar-refractivity contribution in [2.24, 2.45) is 0 Å². The largest absolute Gasteiger partial charge is 0.573 e. The maximum absolute atomic E-state index is 11.8. The Morgan fingerprint density at radius 2 is 1.62 bits per heavy atom. The normalized spacial score (nSPS) is 11.1. The molecule has 0 saturated carbocycles. The van der Waals surface area contributed by atoms with Crippen LogP contribution in [-0.2, 0) is 0 Å². The first-order valence-electron chi connectivity index (χ1n) is 3.41. The number of alkyl halides is 3. The zero-order chi connectivity index (χ0) is 9.90. The summed E-state index contributed by atoms with van der Waals surface area (Å²) in [5.41, 5.74) is 0. The Kier molecular flexibility index (Phi) is 2.65. The van der Waals surface area contributed by atoms with Gasteiger partial charge in [-0.25, -0.2) is 0 Å². The lowest BCUT2D eigenvalue weighted by Gasteiger charge is -2.11. The summed E-state index contributed by atoms with van der Waals surface area (Å²) in [6, 6.07) is 5.57. The number of methoxy groups -OCH3 is 1. The van der Waals surface area contributed by atoms with E-state index in [2.05, 4.69) is 9.47 Å². The molecule has 0 radical (unpaired) electrons. The Hall–Kier alpha value is -1.39. The van der Waals surface area contributed by atoms with E-state index < -0.39 is 6.36 Å². The van der Waals surface area contributed by atoms with E-state index >= 15 is 0 Å². The van der Waals surface area contributed by atoms with E-state index in [1.807, 2.05) is 0 Å². The van der Waals surface area contributed by atoms with Crippen LogP contribution in [0.15, 0.2) is 24.3 Å². The number of halogens is 3. The third-order valence-corrected chi connectivity index (χ3v) is 1.29. The molecule has 0 bridgehead atoms. The highest BCUT2D eigenvalue weighted by molar-refractivity contribution is 5.39. The van der Waals surface area contributed by atoms with Crippen molar-refractivity contribution in [2.75, 3.05) is 7.11 Å². The summed E-state index contributed by atoms with van der Waals surface area (Å²) in [4.78, 5) is 0. The van der Waals surface area contributed by atoms with Crippen LogP contribution < -0.4 is 9.47 Å². The summed E-state index contributed by atoms with van der Waals surface area (Å²) in [6.45, 7) is 0. The van der Waals surface area contributed by atoms with Crippen LogP contribution in [-0.4, -0.2) is 13.5 Å². The molecular weight excluding hydrogens is 185 g/mol. The topological polar surface area (TPSA) is 18.5 Å². The molecule has 0 heterocycles. The fourth-order valence-corrected chi connectivity index (χ4v) is 0.828. The molecule has 1 aromatic rings. The molecule has 5 heteroatoms. The minimum absolute atomic E-state index is 0.0554. The predicted octanol–water partition coefficient (Wildman–Crippen LogP) is 2.59. The highest BCUT2D eigenvalue weighted by Gasteiger charge is 2.32. The molecule has 0 saturated heterocycles. The van der Waals surface area contributed by atoms with Gasteiger partial charge in [0, 0.05) is 0 Å². The van der Waals surface area contributed by atoms with Crippen LogP contribution in [0.4, 0.5) is 13.2 Å². The maximum Gasteiger partial charge on any atom is 0.573 e. The lowest BCUT2D eigenvalue weighted by molar-refractivity contribution is -0.275. The van der Waals surface area contributed by atoms with Gasteiger partial charge < -0.3 is 9.47 Å². The van der Waals surface area contributed by atoms with Gasteiger partial charge in [-0.1, -0.05) is 12.1 Å². The number of para-hydroxylation sites is 2. The van der Waals surface area contributed by atoms with Gasteiger partial charge in [-0.2, -0.15) is 0 Å². The second-order valence-corrected chi connectivity index (χ2v) is 2.20. The first-order chi connectivity index (χ1) is 6.03. The molecule has 1 rings (SSSR count). The molecule has 1 aromatic carbocycles. The number of ether oxygens (including phenoxy) is 2. The zero-order valence-electron chi connectivity index (χ0n) is 6.76.